The molecule has 1 fully saturated rings. The number of oxazole rings is 1. The van der Waals surface area contributed by atoms with Gasteiger partial charge in [-0.15, -0.1) is 0 Å². The first kappa shape index (κ1) is 28.4. The first-order valence-electron chi connectivity index (χ1n) is 12.6. The van der Waals surface area contributed by atoms with Gasteiger partial charge in [0.2, 0.25) is 5.89 Å². The molecule has 2 aromatic heterocycles. The molecule has 0 radical (unpaired) electrons. The second kappa shape index (κ2) is 10.7. The predicted molar refractivity (Wildman–Crippen MR) is 136 cm³/mol. The minimum Gasteiger partial charge on any atom is -0.494 e. The van der Waals surface area contributed by atoms with Crippen LogP contribution in [-0.4, -0.2) is 41.0 Å². The van der Waals surface area contributed by atoms with Gasteiger partial charge in [-0.1, -0.05) is 18.2 Å². The van der Waals surface area contributed by atoms with Gasteiger partial charge in [-0.2, -0.15) is 26.3 Å². The highest BCUT2D eigenvalue weighted by molar-refractivity contribution is 5.98. The van der Waals surface area contributed by atoms with Crippen molar-refractivity contribution in [3.8, 4) is 17.2 Å². The van der Waals surface area contributed by atoms with Crippen LogP contribution >= 0.6 is 0 Å². The van der Waals surface area contributed by atoms with Crippen LogP contribution in [0.3, 0.4) is 0 Å². The first-order chi connectivity index (χ1) is 19.4. The second-order valence-corrected chi connectivity index (χ2v) is 9.59. The Hall–Kier alpha value is -4.13. The second-order valence-electron chi connectivity index (χ2n) is 9.59. The van der Waals surface area contributed by atoms with Gasteiger partial charge in [-0.3, -0.25) is 4.79 Å². The molecule has 216 valence electrons. The smallest absolute Gasteiger partial charge is 0.433 e. The Bertz CT molecular complexity index is 1590. The summed E-state index contributed by atoms with van der Waals surface area (Å²) in [6.07, 6.45) is -8.21. The van der Waals surface area contributed by atoms with E-state index < -0.39 is 29.5 Å². The lowest BCUT2D eigenvalue weighted by atomic mass is 9.88. The first-order valence-corrected chi connectivity index (χ1v) is 12.6. The Kier molecular flexibility index (Phi) is 7.41. The maximum absolute atomic E-state index is 13.4. The van der Waals surface area contributed by atoms with E-state index >= 15 is 0 Å². The number of nitrogens with zero attached hydrogens (tertiary/aromatic N) is 3. The molecule has 1 aliphatic heterocycles. The third kappa shape index (κ3) is 5.58. The molecule has 0 bridgehead atoms. The van der Waals surface area contributed by atoms with Gasteiger partial charge in [0.15, 0.2) is 11.5 Å². The van der Waals surface area contributed by atoms with E-state index in [2.05, 4.69) is 9.97 Å². The average Bonchev–Trinajstić information content (AvgIpc) is 3.39. The highest BCUT2D eigenvalue weighted by atomic mass is 19.4. The lowest BCUT2D eigenvalue weighted by molar-refractivity contribution is -0.141. The van der Waals surface area contributed by atoms with Crippen molar-refractivity contribution in [1.29, 1.82) is 0 Å². The number of alkyl halides is 6. The number of nitrogens with two attached hydrogens (primary N) is 1. The zero-order chi connectivity index (χ0) is 29.5. The molecular formula is C28H24F6N4O3. The number of hydrogen-bond donors (Lipinski definition) is 1. The van der Waals surface area contributed by atoms with Crippen LogP contribution in [0.25, 0.3) is 22.4 Å². The summed E-state index contributed by atoms with van der Waals surface area (Å²) < 4.78 is 90.3. The van der Waals surface area contributed by atoms with Crippen molar-refractivity contribution in [3.05, 3.63) is 76.8 Å². The molecule has 0 atom stereocenters. The number of piperidine rings is 1. The number of pyridine rings is 1. The molecule has 0 aliphatic carbocycles. The topological polar surface area (TPSA) is 94.5 Å². The molecule has 2 aromatic carbocycles. The van der Waals surface area contributed by atoms with Gasteiger partial charge in [-0.05, 0) is 54.7 Å². The molecule has 1 saturated heterocycles. The van der Waals surface area contributed by atoms with Crippen molar-refractivity contribution in [1.82, 2.24) is 14.9 Å². The van der Waals surface area contributed by atoms with E-state index in [4.69, 9.17) is 14.9 Å². The van der Waals surface area contributed by atoms with Gasteiger partial charge < -0.3 is 19.8 Å². The molecule has 0 saturated carbocycles. The fourth-order valence-corrected chi connectivity index (χ4v) is 5.01. The molecule has 0 spiro atoms. The molecule has 2 N–H and O–H groups in total. The highest BCUT2D eigenvalue weighted by Gasteiger charge is 2.34. The summed E-state index contributed by atoms with van der Waals surface area (Å²) in [7, 11) is 1.31. The number of carbonyl (C=O) groups excluding carboxylic acids is 1. The van der Waals surface area contributed by atoms with Gasteiger partial charge in [0.25, 0.3) is 5.91 Å². The standard InChI is InChI=1S/C28H24F6N4O3/c1-40-20-7-5-19(18-6-8-22(28(32,33)34)36-23(18)20)25-37-24(21(14-35)41-25)26(39)38-11-9-15(10-12-38)16-3-2-4-17(13-16)27(29,30)31/h2-8,13,15H,9-12,14,35H2,1H3. The number of methoxy groups -OCH3 is 1. The third-order valence-electron chi connectivity index (χ3n) is 7.11. The Labute approximate surface area is 229 Å². The zero-order valence-electron chi connectivity index (χ0n) is 21.6. The monoisotopic (exact) mass is 578 g/mol. The molecular weight excluding hydrogens is 554 g/mol. The van der Waals surface area contributed by atoms with Crippen molar-refractivity contribution in [2.75, 3.05) is 20.2 Å². The van der Waals surface area contributed by atoms with E-state index in [1.165, 1.54) is 36.3 Å². The van der Waals surface area contributed by atoms with E-state index in [0.717, 1.165) is 18.2 Å². The third-order valence-corrected chi connectivity index (χ3v) is 7.11. The van der Waals surface area contributed by atoms with Crippen LogP contribution in [0.15, 0.2) is 52.9 Å². The fourth-order valence-electron chi connectivity index (χ4n) is 5.01. The van der Waals surface area contributed by atoms with E-state index in [9.17, 15) is 31.1 Å². The normalized spacial score (nSPS) is 15.0. The molecule has 0 unspecified atom stereocenters. The van der Waals surface area contributed by atoms with Crippen molar-refractivity contribution < 1.29 is 40.3 Å². The molecule has 41 heavy (non-hydrogen) atoms. The molecule has 3 heterocycles. The SMILES string of the molecule is COc1ccc(-c2nc(C(=O)N3CCC(c4cccc(C(F)(F)F)c4)CC3)c(CN)o2)c2ccc(C(F)(F)F)nc12. The Morgan fingerprint density at radius 2 is 1.76 bits per heavy atom. The maximum Gasteiger partial charge on any atom is 0.433 e. The number of rotatable bonds is 5. The largest absolute Gasteiger partial charge is 0.494 e. The lowest BCUT2D eigenvalue weighted by Crippen LogP contribution is -2.38. The Morgan fingerprint density at radius 3 is 2.39 bits per heavy atom. The number of amides is 1. The van der Waals surface area contributed by atoms with Gasteiger partial charge >= 0.3 is 12.4 Å². The van der Waals surface area contributed by atoms with Crippen molar-refractivity contribution in [3.63, 3.8) is 0 Å². The van der Waals surface area contributed by atoms with Crippen LogP contribution < -0.4 is 10.5 Å². The Balaban J connectivity index is 1.40. The summed E-state index contributed by atoms with van der Waals surface area (Å²) in [5.41, 5.74) is 4.77. The van der Waals surface area contributed by atoms with Crippen LogP contribution in [-0.2, 0) is 18.9 Å². The van der Waals surface area contributed by atoms with E-state index in [0.29, 0.717) is 24.0 Å². The molecule has 1 aliphatic rings. The number of ether oxygens (including phenoxy) is 1. The molecule has 5 rings (SSSR count). The van der Waals surface area contributed by atoms with Gasteiger partial charge in [0.05, 0.1) is 19.2 Å². The van der Waals surface area contributed by atoms with E-state index in [1.54, 1.807) is 6.07 Å². The number of fused-ring (bicyclic) bond motifs is 1. The highest BCUT2D eigenvalue weighted by Crippen LogP contribution is 2.38. The summed E-state index contributed by atoms with van der Waals surface area (Å²) in [5.74, 6) is -0.433. The number of benzene rings is 2. The van der Waals surface area contributed by atoms with Crippen LogP contribution in [0.2, 0.25) is 0 Å². The van der Waals surface area contributed by atoms with E-state index in [1.807, 2.05) is 0 Å². The molecule has 4 aromatic rings. The quantitative estimate of drug-likeness (QED) is 0.275. The van der Waals surface area contributed by atoms with Crippen LogP contribution in [0.1, 0.15) is 51.8 Å². The van der Waals surface area contributed by atoms with Gasteiger partial charge in [0, 0.05) is 24.0 Å². The average molecular weight is 579 g/mol. The summed E-state index contributed by atoms with van der Waals surface area (Å²) >= 11 is 0. The van der Waals surface area contributed by atoms with Crippen LogP contribution in [0.4, 0.5) is 26.3 Å². The van der Waals surface area contributed by atoms with Crippen molar-refractivity contribution >= 4 is 16.8 Å². The number of carbonyl (C=O) groups is 1. The van der Waals surface area contributed by atoms with Gasteiger partial charge in [-0.25, -0.2) is 9.97 Å². The molecule has 7 nitrogen and oxygen atoms in total. The molecule has 1 amide bonds. The van der Waals surface area contributed by atoms with E-state index in [-0.39, 0.29) is 59.5 Å². The fraction of sp³-hybridized carbons (Fsp3) is 0.321. The van der Waals surface area contributed by atoms with Crippen molar-refractivity contribution in [2.45, 2.75) is 37.7 Å². The van der Waals surface area contributed by atoms with Crippen LogP contribution in [0.5, 0.6) is 5.75 Å². The van der Waals surface area contributed by atoms with Crippen molar-refractivity contribution in [2.24, 2.45) is 5.73 Å². The minimum absolute atomic E-state index is 0.0261. The number of halogens is 6. The number of aromatic nitrogens is 2. The molecule has 13 heteroatoms. The lowest BCUT2D eigenvalue weighted by Gasteiger charge is -2.32. The zero-order valence-corrected chi connectivity index (χ0v) is 21.6. The van der Waals surface area contributed by atoms with Crippen LogP contribution in [0, 0.1) is 0 Å². The summed E-state index contributed by atoms with van der Waals surface area (Å²) in [5, 5.41) is 0.267. The number of likely N-dealkylation sites (tertiary alicyclic amines) is 1. The summed E-state index contributed by atoms with van der Waals surface area (Å²) in [6, 6.07) is 10.2. The summed E-state index contributed by atoms with van der Waals surface area (Å²) in [4.78, 5) is 23.0. The van der Waals surface area contributed by atoms with Gasteiger partial charge in [0.1, 0.15) is 17.0 Å². The number of hydrogen-bond acceptors (Lipinski definition) is 6. The predicted octanol–water partition coefficient (Wildman–Crippen LogP) is 6.41. The Morgan fingerprint density at radius 1 is 1.02 bits per heavy atom. The minimum atomic E-state index is -4.67. The summed E-state index contributed by atoms with van der Waals surface area (Å²) in [6.45, 7) is 0.391. The maximum atomic E-state index is 13.4.